The molecule has 0 aromatic heterocycles. The SMILES string of the molecule is CCCCCCN(CC)C(=O)[O-].CCCCCCN(CC)C(=O)[O-].[Co+2]. The third kappa shape index (κ3) is 19.2. The van der Waals surface area contributed by atoms with E-state index in [0.29, 0.717) is 26.2 Å². The molecule has 0 aliphatic heterocycles. The molecule has 6 nitrogen and oxygen atoms in total. The van der Waals surface area contributed by atoms with Gasteiger partial charge in [-0.15, -0.1) is 0 Å². The van der Waals surface area contributed by atoms with E-state index in [1.165, 1.54) is 35.5 Å². The molecule has 0 heterocycles. The molecule has 151 valence electrons. The monoisotopic (exact) mass is 403 g/mol. The van der Waals surface area contributed by atoms with Gasteiger partial charge in [0.15, 0.2) is 0 Å². The summed E-state index contributed by atoms with van der Waals surface area (Å²) in [7, 11) is 0. The van der Waals surface area contributed by atoms with E-state index in [2.05, 4.69) is 13.8 Å². The third-order valence-electron chi connectivity index (χ3n) is 3.84. The molecule has 0 bridgehead atoms. The fourth-order valence-electron chi connectivity index (χ4n) is 2.22. The van der Waals surface area contributed by atoms with Gasteiger partial charge in [-0.1, -0.05) is 52.4 Å². The number of carboxylic acid groups (broad SMARTS) is 2. The Morgan fingerprint density at radius 1 is 0.640 bits per heavy atom. The van der Waals surface area contributed by atoms with Gasteiger partial charge < -0.3 is 29.6 Å². The predicted molar refractivity (Wildman–Crippen MR) is 93.6 cm³/mol. The summed E-state index contributed by atoms with van der Waals surface area (Å²) in [6.45, 7) is 10.2. The van der Waals surface area contributed by atoms with Crippen LogP contribution in [0.1, 0.15) is 79.1 Å². The molecule has 0 unspecified atom stereocenters. The number of nitrogens with zero attached hydrogens (tertiary/aromatic N) is 2. The van der Waals surface area contributed by atoms with E-state index in [1.54, 1.807) is 0 Å². The maximum absolute atomic E-state index is 10.4. The molecule has 1 radical (unpaired) electrons. The molecule has 0 aromatic carbocycles. The van der Waals surface area contributed by atoms with E-state index < -0.39 is 12.2 Å². The maximum atomic E-state index is 10.4. The molecular weight excluding hydrogens is 367 g/mol. The second kappa shape index (κ2) is 21.1. The minimum Gasteiger partial charge on any atom is -0.530 e. The smallest absolute Gasteiger partial charge is 0.530 e. The average molecular weight is 403 g/mol. The molecule has 0 N–H and O–H groups in total. The Morgan fingerprint density at radius 2 is 0.960 bits per heavy atom. The van der Waals surface area contributed by atoms with Gasteiger partial charge in [-0.2, -0.15) is 0 Å². The van der Waals surface area contributed by atoms with E-state index in [9.17, 15) is 19.8 Å². The van der Waals surface area contributed by atoms with Crippen LogP contribution < -0.4 is 10.2 Å². The zero-order chi connectivity index (χ0) is 18.8. The molecule has 7 heteroatoms. The first kappa shape index (κ1) is 28.8. The van der Waals surface area contributed by atoms with Gasteiger partial charge in [0.05, 0.1) is 0 Å². The van der Waals surface area contributed by atoms with Crippen LogP contribution in [-0.2, 0) is 16.8 Å². The maximum Gasteiger partial charge on any atom is 2.00 e. The topological polar surface area (TPSA) is 86.7 Å². The first-order valence-electron chi connectivity index (χ1n) is 9.36. The van der Waals surface area contributed by atoms with Gasteiger partial charge in [-0.05, 0) is 26.7 Å². The minimum atomic E-state index is -1.05. The molecule has 0 aliphatic carbocycles. The summed E-state index contributed by atoms with van der Waals surface area (Å²) in [5.74, 6) is 0. The van der Waals surface area contributed by atoms with E-state index in [0.717, 1.165) is 25.7 Å². The van der Waals surface area contributed by atoms with E-state index >= 15 is 0 Å². The Bertz CT molecular complexity index is 287. The van der Waals surface area contributed by atoms with Crippen molar-refractivity contribution in [1.82, 2.24) is 9.80 Å². The van der Waals surface area contributed by atoms with Crippen LogP contribution in [0.3, 0.4) is 0 Å². The van der Waals surface area contributed by atoms with Crippen molar-refractivity contribution in [2.75, 3.05) is 26.2 Å². The summed E-state index contributed by atoms with van der Waals surface area (Å²) in [6, 6.07) is 0. The van der Waals surface area contributed by atoms with Gasteiger partial charge in [-0.3, -0.25) is 0 Å². The van der Waals surface area contributed by atoms with Crippen LogP contribution in [0.25, 0.3) is 0 Å². The average Bonchev–Trinajstić information content (AvgIpc) is 2.55. The molecule has 0 saturated heterocycles. The summed E-state index contributed by atoms with van der Waals surface area (Å²) < 4.78 is 0. The van der Waals surface area contributed by atoms with Gasteiger partial charge in [-0.25, -0.2) is 0 Å². The first-order valence-corrected chi connectivity index (χ1v) is 9.36. The molecule has 25 heavy (non-hydrogen) atoms. The first-order chi connectivity index (χ1) is 11.4. The quantitative estimate of drug-likeness (QED) is 0.469. The Kier molecular flexibility index (Phi) is 24.3. The fraction of sp³-hybridized carbons (Fsp3) is 0.889. The number of hydrogen-bond acceptors (Lipinski definition) is 4. The van der Waals surface area contributed by atoms with E-state index in [1.807, 2.05) is 13.8 Å². The number of unbranched alkanes of at least 4 members (excludes halogenated alkanes) is 6. The van der Waals surface area contributed by atoms with Crippen LogP contribution in [0.4, 0.5) is 9.59 Å². The van der Waals surface area contributed by atoms with Gasteiger partial charge in [0.1, 0.15) is 12.2 Å². The van der Waals surface area contributed by atoms with Crippen molar-refractivity contribution in [3.8, 4) is 0 Å². The number of hydrogen-bond donors (Lipinski definition) is 0. The fourth-order valence-corrected chi connectivity index (χ4v) is 2.22. The van der Waals surface area contributed by atoms with E-state index in [-0.39, 0.29) is 16.8 Å². The third-order valence-corrected chi connectivity index (χ3v) is 3.84. The second-order valence-electron chi connectivity index (χ2n) is 5.81. The predicted octanol–water partition coefficient (Wildman–Crippen LogP) is 2.46. The second-order valence-corrected chi connectivity index (χ2v) is 5.81. The van der Waals surface area contributed by atoms with Crippen molar-refractivity contribution in [3.63, 3.8) is 0 Å². The van der Waals surface area contributed by atoms with Gasteiger partial charge in [0.2, 0.25) is 0 Å². The summed E-state index contributed by atoms with van der Waals surface area (Å²) in [5.41, 5.74) is 0. The molecule has 0 saturated carbocycles. The molecule has 0 rings (SSSR count). The van der Waals surface area contributed by atoms with Crippen molar-refractivity contribution >= 4 is 12.2 Å². The Labute approximate surface area is 164 Å². The minimum absolute atomic E-state index is 0. The summed E-state index contributed by atoms with van der Waals surface area (Å²) in [5, 5.41) is 20.8. The van der Waals surface area contributed by atoms with Gasteiger partial charge in [0.25, 0.3) is 0 Å². The summed E-state index contributed by atoms with van der Waals surface area (Å²) in [6.07, 6.45) is 6.76. The summed E-state index contributed by atoms with van der Waals surface area (Å²) in [4.78, 5) is 23.5. The van der Waals surface area contributed by atoms with Crippen LogP contribution in [0.2, 0.25) is 0 Å². The van der Waals surface area contributed by atoms with E-state index in [4.69, 9.17) is 0 Å². The molecule has 2 amide bonds. The Morgan fingerprint density at radius 3 is 1.16 bits per heavy atom. The Balaban J connectivity index is -0.000000372. The van der Waals surface area contributed by atoms with Crippen molar-refractivity contribution < 1.29 is 36.6 Å². The molecule has 0 atom stereocenters. The number of amides is 2. The number of carbonyl (C=O) groups is 2. The molecule has 0 aliphatic rings. The Hall–Kier alpha value is -0.954. The molecular formula is C18H36CoN2O4. The van der Waals surface area contributed by atoms with Crippen LogP contribution in [-0.4, -0.2) is 48.2 Å². The summed E-state index contributed by atoms with van der Waals surface area (Å²) >= 11 is 0. The van der Waals surface area contributed by atoms with Crippen molar-refractivity contribution in [3.05, 3.63) is 0 Å². The molecule has 0 fully saturated rings. The van der Waals surface area contributed by atoms with Gasteiger partial charge >= 0.3 is 16.8 Å². The molecule has 0 aromatic rings. The van der Waals surface area contributed by atoms with Crippen molar-refractivity contribution in [2.24, 2.45) is 0 Å². The number of carbonyl (C=O) groups excluding carboxylic acids is 2. The largest absolute Gasteiger partial charge is 2.00 e. The van der Waals surface area contributed by atoms with Crippen LogP contribution in [0, 0.1) is 0 Å². The van der Waals surface area contributed by atoms with Crippen molar-refractivity contribution in [1.29, 1.82) is 0 Å². The van der Waals surface area contributed by atoms with Crippen molar-refractivity contribution in [2.45, 2.75) is 79.1 Å². The normalized spacial score (nSPS) is 9.44. The van der Waals surface area contributed by atoms with Crippen LogP contribution in [0.5, 0.6) is 0 Å². The zero-order valence-corrected chi connectivity index (χ0v) is 17.4. The zero-order valence-electron chi connectivity index (χ0n) is 16.3. The van der Waals surface area contributed by atoms with Gasteiger partial charge in [0, 0.05) is 26.2 Å². The molecule has 0 spiro atoms. The number of rotatable bonds is 12. The van der Waals surface area contributed by atoms with Crippen LogP contribution >= 0.6 is 0 Å². The standard InChI is InChI=1S/2C9H19NO2.Co/c2*1-3-5-6-7-8-10(4-2)9(11)12;/h2*3-8H2,1-2H3,(H,11,12);/q;;+2/p-2. The van der Waals surface area contributed by atoms with Crippen LogP contribution in [0.15, 0.2) is 0 Å².